The van der Waals surface area contributed by atoms with Crippen LogP contribution in [0.15, 0.2) is 47.4 Å². The first-order chi connectivity index (χ1) is 8.83. The van der Waals surface area contributed by atoms with Crippen LogP contribution in [0, 0.1) is 0 Å². The molecule has 18 heavy (non-hydrogen) atoms. The van der Waals surface area contributed by atoms with E-state index in [1.54, 1.807) is 30.7 Å². The highest BCUT2D eigenvalue weighted by atomic mass is 35.5. The molecule has 3 heterocycles. The zero-order valence-electron chi connectivity index (χ0n) is 9.12. The summed E-state index contributed by atoms with van der Waals surface area (Å²) in [7, 11) is 0. The molecule has 6 heteroatoms. The number of halogens is 1. The van der Waals surface area contributed by atoms with Crippen LogP contribution < -0.4 is 0 Å². The predicted octanol–water partition coefficient (Wildman–Crippen LogP) is 2.85. The first-order valence-corrected chi connectivity index (χ1v) is 5.57. The topological polar surface area (TPSA) is 64.7 Å². The van der Waals surface area contributed by atoms with Gasteiger partial charge in [0.15, 0.2) is 0 Å². The van der Waals surface area contributed by atoms with Crippen LogP contribution in [0.3, 0.4) is 0 Å². The van der Waals surface area contributed by atoms with Crippen molar-refractivity contribution in [3.8, 4) is 22.8 Å². The summed E-state index contributed by atoms with van der Waals surface area (Å²) in [5.41, 5.74) is 1.53. The monoisotopic (exact) mass is 258 g/mol. The average Bonchev–Trinajstić information content (AvgIpc) is 2.89. The molecule has 3 rings (SSSR count). The third kappa shape index (κ3) is 2.08. The van der Waals surface area contributed by atoms with Gasteiger partial charge in [-0.05, 0) is 24.3 Å². The Morgan fingerprint density at radius 3 is 2.83 bits per heavy atom. The van der Waals surface area contributed by atoms with Crippen molar-refractivity contribution in [2.24, 2.45) is 0 Å². The molecule has 0 aliphatic carbocycles. The zero-order valence-corrected chi connectivity index (χ0v) is 9.87. The van der Waals surface area contributed by atoms with E-state index in [0.717, 1.165) is 11.1 Å². The van der Waals surface area contributed by atoms with E-state index in [0.29, 0.717) is 16.9 Å². The maximum atomic E-state index is 5.81. The fraction of sp³-hybridized carbons (Fsp3) is 0. The molecule has 0 N–H and O–H groups in total. The number of nitrogens with zero attached hydrogens (tertiary/aromatic N) is 4. The number of hydrogen-bond donors (Lipinski definition) is 0. The molecule has 0 bridgehead atoms. The van der Waals surface area contributed by atoms with Gasteiger partial charge in [-0.15, -0.1) is 0 Å². The van der Waals surface area contributed by atoms with E-state index >= 15 is 0 Å². The van der Waals surface area contributed by atoms with Crippen molar-refractivity contribution in [1.29, 1.82) is 0 Å². The van der Waals surface area contributed by atoms with E-state index in [1.165, 1.54) is 0 Å². The van der Waals surface area contributed by atoms with Gasteiger partial charge in [-0.3, -0.25) is 4.98 Å². The van der Waals surface area contributed by atoms with E-state index in [2.05, 4.69) is 20.1 Å². The van der Waals surface area contributed by atoms with Crippen molar-refractivity contribution in [2.45, 2.75) is 0 Å². The zero-order chi connectivity index (χ0) is 12.4. The molecule has 3 aromatic heterocycles. The minimum Gasteiger partial charge on any atom is -0.334 e. The molecule has 0 aromatic carbocycles. The van der Waals surface area contributed by atoms with Crippen molar-refractivity contribution in [1.82, 2.24) is 20.1 Å². The van der Waals surface area contributed by atoms with Gasteiger partial charge >= 0.3 is 0 Å². The maximum absolute atomic E-state index is 5.81. The molecular weight excluding hydrogens is 252 g/mol. The van der Waals surface area contributed by atoms with Gasteiger partial charge in [0.2, 0.25) is 5.82 Å². The lowest BCUT2D eigenvalue weighted by molar-refractivity contribution is 0.432. The van der Waals surface area contributed by atoms with Crippen molar-refractivity contribution >= 4 is 11.6 Å². The van der Waals surface area contributed by atoms with Gasteiger partial charge in [0.25, 0.3) is 5.89 Å². The van der Waals surface area contributed by atoms with Crippen molar-refractivity contribution in [3.05, 3.63) is 48.0 Å². The largest absolute Gasteiger partial charge is 0.334 e. The summed E-state index contributed by atoms with van der Waals surface area (Å²) in [5.74, 6) is 0.893. The van der Waals surface area contributed by atoms with Crippen LogP contribution >= 0.6 is 11.6 Å². The van der Waals surface area contributed by atoms with Crippen molar-refractivity contribution < 1.29 is 4.52 Å². The highest BCUT2D eigenvalue weighted by Crippen LogP contribution is 2.22. The van der Waals surface area contributed by atoms with E-state index in [-0.39, 0.29) is 0 Å². The van der Waals surface area contributed by atoms with Crippen LogP contribution in [0.2, 0.25) is 5.15 Å². The lowest BCUT2D eigenvalue weighted by Crippen LogP contribution is -1.83. The summed E-state index contributed by atoms with van der Waals surface area (Å²) in [4.78, 5) is 12.2. The first kappa shape index (κ1) is 10.9. The molecule has 3 aromatic rings. The van der Waals surface area contributed by atoms with Crippen LogP contribution in [-0.4, -0.2) is 20.1 Å². The van der Waals surface area contributed by atoms with Crippen molar-refractivity contribution in [3.63, 3.8) is 0 Å². The van der Waals surface area contributed by atoms with Crippen LogP contribution in [0.25, 0.3) is 22.8 Å². The Balaban J connectivity index is 2.00. The van der Waals surface area contributed by atoms with Crippen LogP contribution in [0.4, 0.5) is 0 Å². The second-order valence-corrected chi connectivity index (χ2v) is 3.92. The summed E-state index contributed by atoms with van der Waals surface area (Å²) < 4.78 is 5.18. The van der Waals surface area contributed by atoms with E-state index < -0.39 is 0 Å². The van der Waals surface area contributed by atoms with Gasteiger partial charge in [-0.2, -0.15) is 4.98 Å². The van der Waals surface area contributed by atoms with Crippen LogP contribution in [0.1, 0.15) is 0 Å². The van der Waals surface area contributed by atoms with Crippen molar-refractivity contribution in [2.75, 3.05) is 0 Å². The van der Waals surface area contributed by atoms with Gasteiger partial charge in [0, 0.05) is 24.2 Å². The Hall–Kier alpha value is -2.27. The van der Waals surface area contributed by atoms with Gasteiger partial charge in [-0.25, -0.2) is 4.98 Å². The third-order valence-electron chi connectivity index (χ3n) is 2.32. The molecule has 0 spiro atoms. The Labute approximate surface area is 107 Å². The summed E-state index contributed by atoms with van der Waals surface area (Å²) in [6.07, 6.45) is 4.94. The molecule has 0 aliphatic rings. The Morgan fingerprint density at radius 1 is 1.11 bits per heavy atom. The lowest BCUT2D eigenvalue weighted by Gasteiger charge is -1.93. The number of pyridine rings is 2. The average molecular weight is 259 g/mol. The van der Waals surface area contributed by atoms with Gasteiger partial charge < -0.3 is 4.52 Å². The Kier molecular flexibility index (Phi) is 2.74. The molecule has 0 fully saturated rings. The summed E-state index contributed by atoms with van der Waals surface area (Å²) in [5, 5.41) is 4.29. The Bertz CT molecular complexity index is 669. The van der Waals surface area contributed by atoms with E-state index in [1.807, 2.05) is 12.1 Å². The second-order valence-electron chi connectivity index (χ2n) is 3.53. The molecule has 0 unspecified atom stereocenters. The second kappa shape index (κ2) is 4.54. The van der Waals surface area contributed by atoms with Gasteiger partial charge in [-0.1, -0.05) is 16.8 Å². The predicted molar refractivity (Wildman–Crippen MR) is 65.8 cm³/mol. The minimum atomic E-state index is 0.389. The molecular formula is C12H7ClN4O. The lowest BCUT2D eigenvalue weighted by atomic mass is 10.2. The summed E-state index contributed by atoms with van der Waals surface area (Å²) in [6.45, 7) is 0. The molecule has 0 atom stereocenters. The van der Waals surface area contributed by atoms with E-state index in [4.69, 9.17) is 16.1 Å². The highest BCUT2D eigenvalue weighted by Gasteiger charge is 2.10. The molecule has 5 nitrogen and oxygen atoms in total. The van der Waals surface area contributed by atoms with Gasteiger partial charge in [0.1, 0.15) is 5.15 Å². The fourth-order valence-electron chi connectivity index (χ4n) is 1.49. The molecule has 88 valence electrons. The highest BCUT2D eigenvalue weighted by molar-refractivity contribution is 6.29. The summed E-state index contributed by atoms with van der Waals surface area (Å²) in [6, 6.07) is 7.11. The van der Waals surface area contributed by atoms with Crippen LogP contribution in [-0.2, 0) is 0 Å². The Morgan fingerprint density at radius 2 is 2.06 bits per heavy atom. The number of aromatic nitrogens is 4. The van der Waals surface area contributed by atoms with Crippen LogP contribution in [0.5, 0.6) is 0 Å². The number of hydrogen-bond acceptors (Lipinski definition) is 5. The standard InChI is InChI=1S/C12H7ClN4O/c13-10-6-8(3-5-15-10)11-16-12(18-17-11)9-2-1-4-14-7-9/h1-7H. The third-order valence-corrected chi connectivity index (χ3v) is 2.53. The molecule has 0 saturated heterocycles. The normalized spacial score (nSPS) is 10.5. The SMILES string of the molecule is Clc1cc(-c2noc(-c3cccnc3)n2)ccn1. The molecule has 0 aliphatic heterocycles. The van der Waals surface area contributed by atoms with Gasteiger partial charge in [0.05, 0.1) is 5.56 Å². The minimum absolute atomic E-state index is 0.389. The quantitative estimate of drug-likeness (QED) is 0.661. The molecule has 0 radical (unpaired) electrons. The first-order valence-electron chi connectivity index (χ1n) is 5.19. The van der Waals surface area contributed by atoms with E-state index in [9.17, 15) is 0 Å². The molecule has 0 saturated carbocycles. The smallest absolute Gasteiger partial charge is 0.259 e. The molecule has 0 amide bonds. The fourth-order valence-corrected chi connectivity index (χ4v) is 1.66. The maximum Gasteiger partial charge on any atom is 0.259 e. The number of rotatable bonds is 2. The summed E-state index contributed by atoms with van der Waals surface area (Å²) >= 11 is 5.81.